The lowest BCUT2D eigenvalue weighted by Gasteiger charge is -2.12. The van der Waals surface area contributed by atoms with Crippen molar-refractivity contribution in [2.75, 3.05) is 38.8 Å². The van der Waals surface area contributed by atoms with Gasteiger partial charge >= 0.3 is 0 Å². The first-order valence-corrected chi connectivity index (χ1v) is 9.34. The molecule has 0 fully saturated rings. The summed E-state index contributed by atoms with van der Waals surface area (Å²) in [5, 5.41) is 6.29. The van der Waals surface area contributed by atoms with Gasteiger partial charge in [-0.3, -0.25) is 4.99 Å². The molecule has 1 aromatic carbocycles. The third-order valence-electron chi connectivity index (χ3n) is 2.96. The summed E-state index contributed by atoms with van der Waals surface area (Å²) in [6.45, 7) is 3.63. The van der Waals surface area contributed by atoms with Crippen molar-refractivity contribution in [1.29, 1.82) is 0 Å². The molecule has 8 heteroatoms. The van der Waals surface area contributed by atoms with Gasteiger partial charge in [-0.1, -0.05) is 18.2 Å². The van der Waals surface area contributed by atoms with E-state index in [0.717, 1.165) is 24.3 Å². The molecule has 0 amide bonds. The van der Waals surface area contributed by atoms with Crippen LogP contribution in [-0.4, -0.2) is 53.1 Å². The zero-order chi connectivity index (χ0) is 16.4. The zero-order valence-electron chi connectivity index (χ0n) is 13.8. The number of ether oxygens (including phenoxy) is 1. The van der Waals surface area contributed by atoms with Gasteiger partial charge in [-0.25, -0.2) is 8.42 Å². The molecular formula is C15H26IN3O3S. The SMILES string of the molecule is CCNC(=NCCS(C)(=O)=O)NCCc1ccccc1OC.I. The van der Waals surface area contributed by atoms with Gasteiger partial charge in [0.15, 0.2) is 5.96 Å². The van der Waals surface area contributed by atoms with Gasteiger partial charge in [0.25, 0.3) is 0 Å². The number of hydrogen-bond acceptors (Lipinski definition) is 4. The molecule has 6 nitrogen and oxygen atoms in total. The molecule has 0 bridgehead atoms. The van der Waals surface area contributed by atoms with E-state index >= 15 is 0 Å². The molecular weight excluding hydrogens is 429 g/mol. The van der Waals surface area contributed by atoms with Gasteiger partial charge in [0.2, 0.25) is 0 Å². The lowest BCUT2D eigenvalue weighted by Crippen LogP contribution is -2.38. The Kier molecular flexibility index (Phi) is 11.0. The minimum absolute atomic E-state index is 0. The number of hydrogen-bond donors (Lipinski definition) is 2. The van der Waals surface area contributed by atoms with Gasteiger partial charge in [0.05, 0.1) is 19.4 Å². The second-order valence-electron chi connectivity index (χ2n) is 4.88. The quantitative estimate of drug-likeness (QED) is 0.353. The average molecular weight is 455 g/mol. The van der Waals surface area contributed by atoms with E-state index in [9.17, 15) is 8.42 Å². The summed E-state index contributed by atoms with van der Waals surface area (Å²) >= 11 is 0. The van der Waals surface area contributed by atoms with Gasteiger partial charge in [-0.2, -0.15) is 0 Å². The van der Waals surface area contributed by atoms with Crippen molar-refractivity contribution >= 4 is 39.8 Å². The van der Waals surface area contributed by atoms with Crippen LogP contribution >= 0.6 is 24.0 Å². The molecule has 0 saturated carbocycles. The highest BCUT2D eigenvalue weighted by Gasteiger charge is 2.04. The molecule has 1 rings (SSSR count). The number of nitrogens with zero attached hydrogens (tertiary/aromatic N) is 1. The zero-order valence-corrected chi connectivity index (χ0v) is 17.0. The Balaban J connectivity index is 0.00000484. The normalized spacial score (nSPS) is 11.5. The van der Waals surface area contributed by atoms with Crippen molar-refractivity contribution in [3.05, 3.63) is 29.8 Å². The topological polar surface area (TPSA) is 79.8 Å². The maximum atomic E-state index is 11.1. The smallest absolute Gasteiger partial charge is 0.191 e. The molecule has 23 heavy (non-hydrogen) atoms. The summed E-state index contributed by atoms with van der Waals surface area (Å²) in [5.74, 6) is 1.54. The van der Waals surface area contributed by atoms with E-state index in [2.05, 4.69) is 15.6 Å². The van der Waals surface area contributed by atoms with Crippen LogP contribution in [0.25, 0.3) is 0 Å². The molecule has 1 aromatic rings. The van der Waals surface area contributed by atoms with Crippen molar-refractivity contribution in [2.24, 2.45) is 4.99 Å². The first kappa shape index (κ1) is 22.0. The van der Waals surface area contributed by atoms with Crippen LogP contribution in [0.1, 0.15) is 12.5 Å². The van der Waals surface area contributed by atoms with Crippen molar-refractivity contribution in [1.82, 2.24) is 10.6 Å². The van der Waals surface area contributed by atoms with E-state index in [4.69, 9.17) is 4.74 Å². The van der Waals surface area contributed by atoms with Gasteiger partial charge in [0, 0.05) is 19.3 Å². The van der Waals surface area contributed by atoms with Crippen LogP contribution in [0.4, 0.5) is 0 Å². The molecule has 0 atom stereocenters. The Morgan fingerprint density at radius 1 is 1.26 bits per heavy atom. The van der Waals surface area contributed by atoms with E-state index in [1.807, 2.05) is 31.2 Å². The van der Waals surface area contributed by atoms with Gasteiger partial charge in [-0.05, 0) is 25.0 Å². The fourth-order valence-corrected chi connectivity index (χ4v) is 2.31. The molecule has 0 unspecified atom stereocenters. The Bertz CT molecular complexity index is 591. The van der Waals surface area contributed by atoms with Gasteiger partial charge < -0.3 is 15.4 Å². The maximum Gasteiger partial charge on any atom is 0.191 e. The van der Waals surface area contributed by atoms with E-state index in [1.54, 1.807) is 7.11 Å². The van der Waals surface area contributed by atoms with E-state index in [1.165, 1.54) is 6.26 Å². The molecule has 0 heterocycles. The lowest BCUT2D eigenvalue weighted by atomic mass is 10.1. The fourth-order valence-electron chi connectivity index (χ4n) is 1.89. The predicted molar refractivity (Wildman–Crippen MR) is 106 cm³/mol. The number of para-hydroxylation sites is 1. The summed E-state index contributed by atoms with van der Waals surface area (Å²) in [4.78, 5) is 4.26. The van der Waals surface area contributed by atoms with Crippen LogP contribution in [-0.2, 0) is 16.3 Å². The Labute approximate surface area is 156 Å². The van der Waals surface area contributed by atoms with Gasteiger partial charge in [0.1, 0.15) is 15.6 Å². The molecule has 0 spiro atoms. The van der Waals surface area contributed by atoms with Crippen molar-refractivity contribution in [3.63, 3.8) is 0 Å². The summed E-state index contributed by atoms with van der Waals surface area (Å²) in [6.07, 6.45) is 2.01. The van der Waals surface area contributed by atoms with Crippen LogP contribution in [0.15, 0.2) is 29.3 Å². The molecule has 0 aliphatic carbocycles. The summed E-state index contributed by atoms with van der Waals surface area (Å²) < 4.78 is 27.5. The monoisotopic (exact) mass is 455 g/mol. The number of guanidine groups is 1. The number of sulfone groups is 1. The van der Waals surface area contributed by atoms with E-state index in [0.29, 0.717) is 12.5 Å². The summed E-state index contributed by atoms with van der Waals surface area (Å²) in [5.41, 5.74) is 1.12. The number of benzene rings is 1. The minimum Gasteiger partial charge on any atom is -0.496 e. The second-order valence-corrected chi connectivity index (χ2v) is 7.14. The van der Waals surface area contributed by atoms with Crippen LogP contribution in [0.2, 0.25) is 0 Å². The molecule has 2 N–H and O–H groups in total. The molecule has 0 aliphatic rings. The first-order chi connectivity index (χ1) is 10.5. The van der Waals surface area contributed by atoms with Gasteiger partial charge in [-0.15, -0.1) is 24.0 Å². The molecule has 132 valence electrons. The maximum absolute atomic E-state index is 11.1. The lowest BCUT2D eigenvalue weighted by molar-refractivity contribution is 0.409. The molecule has 0 saturated heterocycles. The molecule has 0 radical (unpaired) electrons. The Morgan fingerprint density at radius 2 is 1.96 bits per heavy atom. The Morgan fingerprint density at radius 3 is 2.57 bits per heavy atom. The van der Waals surface area contributed by atoms with E-state index in [-0.39, 0.29) is 36.3 Å². The van der Waals surface area contributed by atoms with Crippen molar-refractivity contribution < 1.29 is 13.2 Å². The van der Waals surface area contributed by atoms with Crippen LogP contribution in [0.5, 0.6) is 5.75 Å². The molecule has 0 aromatic heterocycles. The first-order valence-electron chi connectivity index (χ1n) is 7.28. The number of halogens is 1. The summed E-state index contributed by atoms with van der Waals surface area (Å²) in [6, 6.07) is 7.87. The van der Waals surface area contributed by atoms with Crippen molar-refractivity contribution in [3.8, 4) is 5.75 Å². The molecule has 0 aliphatic heterocycles. The Hall–Kier alpha value is -1.03. The predicted octanol–water partition coefficient (Wildman–Crippen LogP) is 1.46. The van der Waals surface area contributed by atoms with Crippen LogP contribution in [0.3, 0.4) is 0 Å². The number of rotatable bonds is 8. The average Bonchev–Trinajstić information content (AvgIpc) is 2.46. The fraction of sp³-hybridized carbons (Fsp3) is 0.533. The number of nitrogens with one attached hydrogen (secondary N) is 2. The van der Waals surface area contributed by atoms with Crippen LogP contribution in [0, 0.1) is 0 Å². The standard InChI is InChI=1S/C15H25N3O3S.HI/c1-4-16-15(18-11-12-22(3,19)20)17-10-9-13-7-5-6-8-14(13)21-2;/h5-8H,4,9-12H2,1-3H3,(H2,16,17,18);1H. The van der Waals surface area contributed by atoms with E-state index < -0.39 is 9.84 Å². The highest BCUT2D eigenvalue weighted by atomic mass is 127. The third kappa shape index (κ3) is 9.65. The van der Waals surface area contributed by atoms with Crippen molar-refractivity contribution in [2.45, 2.75) is 13.3 Å². The number of methoxy groups -OCH3 is 1. The highest BCUT2D eigenvalue weighted by molar-refractivity contribution is 14.0. The second kappa shape index (κ2) is 11.5. The highest BCUT2D eigenvalue weighted by Crippen LogP contribution is 2.17. The minimum atomic E-state index is -2.99. The largest absolute Gasteiger partial charge is 0.496 e. The van der Waals surface area contributed by atoms with Crippen LogP contribution < -0.4 is 15.4 Å². The summed E-state index contributed by atoms with van der Waals surface area (Å²) in [7, 11) is -1.33. The third-order valence-corrected chi connectivity index (χ3v) is 3.88. The number of aliphatic imine (C=N–C) groups is 1.